The molecule has 1 saturated heterocycles. The minimum atomic E-state index is -4.72. The molecular formula is C17H15F3N2O2S. The summed E-state index contributed by atoms with van der Waals surface area (Å²) in [5, 5.41) is 0. The smallest absolute Gasteiger partial charge is 0.457 e. The van der Waals surface area contributed by atoms with Gasteiger partial charge < -0.3 is 14.4 Å². The molecule has 0 aliphatic carbocycles. The second kappa shape index (κ2) is 6.34. The maximum Gasteiger partial charge on any atom is 0.573 e. The number of rotatable bonds is 3. The zero-order chi connectivity index (χ0) is 17.4. The van der Waals surface area contributed by atoms with E-state index in [0.717, 1.165) is 30.0 Å². The van der Waals surface area contributed by atoms with Crippen LogP contribution in [0.25, 0.3) is 0 Å². The van der Waals surface area contributed by atoms with Crippen molar-refractivity contribution in [1.29, 1.82) is 0 Å². The van der Waals surface area contributed by atoms with Crippen LogP contribution < -0.4 is 19.1 Å². The molecule has 0 radical (unpaired) electrons. The van der Waals surface area contributed by atoms with E-state index in [1.807, 2.05) is 18.2 Å². The number of ether oxygens (including phenoxy) is 2. The summed E-state index contributed by atoms with van der Waals surface area (Å²) in [6.45, 7) is 1.02. The SMILES string of the molecule is FC(F)(F)Oc1cccc(Oc2ccc3c(c2)SNC2CCCN32)c1. The molecule has 132 valence electrons. The van der Waals surface area contributed by atoms with Crippen molar-refractivity contribution in [2.24, 2.45) is 0 Å². The lowest BCUT2D eigenvalue weighted by Crippen LogP contribution is -2.41. The van der Waals surface area contributed by atoms with E-state index in [-0.39, 0.29) is 11.5 Å². The lowest BCUT2D eigenvalue weighted by Gasteiger charge is -2.33. The third kappa shape index (κ3) is 3.64. The first-order valence-corrected chi connectivity index (χ1v) is 8.66. The summed E-state index contributed by atoms with van der Waals surface area (Å²) in [4.78, 5) is 3.37. The van der Waals surface area contributed by atoms with Crippen molar-refractivity contribution in [3.8, 4) is 17.2 Å². The molecule has 25 heavy (non-hydrogen) atoms. The summed E-state index contributed by atoms with van der Waals surface area (Å²) in [6, 6.07) is 11.2. The Morgan fingerprint density at radius 1 is 1.08 bits per heavy atom. The van der Waals surface area contributed by atoms with E-state index in [1.54, 1.807) is 18.0 Å². The van der Waals surface area contributed by atoms with E-state index >= 15 is 0 Å². The first-order valence-electron chi connectivity index (χ1n) is 7.85. The molecule has 2 aromatic carbocycles. The number of nitrogens with zero attached hydrogens (tertiary/aromatic N) is 1. The predicted molar refractivity (Wildman–Crippen MR) is 89.0 cm³/mol. The van der Waals surface area contributed by atoms with Gasteiger partial charge in [0.25, 0.3) is 0 Å². The highest BCUT2D eigenvalue weighted by molar-refractivity contribution is 7.97. The van der Waals surface area contributed by atoms with Gasteiger partial charge in [-0.25, -0.2) is 4.72 Å². The van der Waals surface area contributed by atoms with E-state index in [1.165, 1.54) is 18.2 Å². The van der Waals surface area contributed by atoms with Gasteiger partial charge in [-0.15, -0.1) is 13.2 Å². The summed E-state index contributed by atoms with van der Waals surface area (Å²) in [5.74, 6) is 0.545. The van der Waals surface area contributed by atoms with E-state index in [9.17, 15) is 13.2 Å². The second-order valence-corrected chi connectivity index (χ2v) is 6.71. The van der Waals surface area contributed by atoms with Crippen LogP contribution in [0, 0.1) is 0 Å². The molecular weight excluding hydrogens is 353 g/mol. The van der Waals surface area contributed by atoms with Gasteiger partial charge in [0.05, 0.1) is 11.9 Å². The highest BCUT2D eigenvalue weighted by Gasteiger charge is 2.32. The van der Waals surface area contributed by atoms with Gasteiger partial charge in [0.2, 0.25) is 0 Å². The van der Waals surface area contributed by atoms with Crippen molar-refractivity contribution in [3.63, 3.8) is 0 Å². The molecule has 4 rings (SSSR count). The minimum absolute atomic E-state index is 0.287. The first kappa shape index (κ1) is 16.4. The standard InChI is InChI=1S/C17H15F3N2O2S/c18-17(19,20)24-13-4-1-3-11(9-13)23-12-6-7-14-15(10-12)25-21-16-5-2-8-22(14)16/h1,3-4,6-7,9-10,16,21H,2,5,8H2. The van der Waals surface area contributed by atoms with Crippen LogP contribution in [0.3, 0.4) is 0 Å². The third-order valence-corrected chi connectivity index (χ3v) is 5.01. The zero-order valence-corrected chi connectivity index (χ0v) is 13.9. The molecule has 2 aliphatic rings. The number of alkyl halides is 3. The van der Waals surface area contributed by atoms with Gasteiger partial charge in [0, 0.05) is 17.5 Å². The normalized spacial score (nSPS) is 19.3. The average molecular weight is 368 g/mol. The fraction of sp³-hybridized carbons (Fsp3) is 0.294. The van der Waals surface area contributed by atoms with Crippen LogP contribution >= 0.6 is 11.9 Å². The Morgan fingerprint density at radius 2 is 1.88 bits per heavy atom. The summed E-state index contributed by atoms with van der Waals surface area (Å²) in [7, 11) is 0. The third-order valence-electron chi connectivity index (χ3n) is 4.07. The number of anilines is 1. The van der Waals surface area contributed by atoms with Gasteiger partial charge in [-0.1, -0.05) is 6.07 Å². The van der Waals surface area contributed by atoms with Crippen LogP contribution in [0.1, 0.15) is 12.8 Å². The largest absolute Gasteiger partial charge is 0.573 e. The lowest BCUT2D eigenvalue weighted by atomic mass is 10.2. The van der Waals surface area contributed by atoms with Crippen LogP contribution in [-0.4, -0.2) is 19.1 Å². The molecule has 2 aromatic rings. The van der Waals surface area contributed by atoms with E-state index in [0.29, 0.717) is 11.9 Å². The van der Waals surface area contributed by atoms with Crippen molar-refractivity contribution in [2.75, 3.05) is 11.4 Å². The fourth-order valence-electron chi connectivity index (χ4n) is 3.06. The molecule has 1 fully saturated rings. The summed E-state index contributed by atoms with van der Waals surface area (Å²) >= 11 is 1.56. The molecule has 0 saturated carbocycles. The maximum absolute atomic E-state index is 12.3. The Labute approximate surface area is 147 Å². The van der Waals surface area contributed by atoms with E-state index in [2.05, 4.69) is 14.4 Å². The van der Waals surface area contributed by atoms with E-state index < -0.39 is 6.36 Å². The van der Waals surface area contributed by atoms with Gasteiger partial charge in [0.1, 0.15) is 17.2 Å². The Balaban J connectivity index is 1.53. The van der Waals surface area contributed by atoms with Crippen molar-refractivity contribution in [3.05, 3.63) is 42.5 Å². The molecule has 1 unspecified atom stereocenters. The number of hydrogen-bond donors (Lipinski definition) is 1. The van der Waals surface area contributed by atoms with Crippen molar-refractivity contribution < 1.29 is 22.6 Å². The Kier molecular flexibility index (Phi) is 4.16. The molecule has 1 atom stereocenters. The van der Waals surface area contributed by atoms with Crippen molar-refractivity contribution >= 4 is 17.6 Å². The van der Waals surface area contributed by atoms with Gasteiger partial charge in [-0.3, -0.25) is 0 Å². The Hall–Kier alpha value is -2.06. The highest BCUT2D eigenvalue weighted by atomic mass is 32.2. The van der Waals surface area contributed by atoms with Crippen molar-refractivity contribution in [1.82, 2.24) is 4.72 Å². The highest BCUT2D eigenvalue weighted by Crippen LogP contribution is 2.41. The molecule has 0 aromatic heterocycles. The molecule has 1 N–H and O–H groups in total. The lowest BCUT2D eigenvalue weighted by molar-refractivity contribution is -0.274. The molecule has 2 heterocycles. The van der Waals surface area contributed by atoms with Gasteiger partial charge in [-0.05, 0) is 55.1 Å². The summed E-state index contributed by atoms with van der Waals surface area (Å²) in [6.07, 6.45) is -2.09. The molecule has 0 amide bonds. The number of fused-ring (bicyclic) bond motifs is 3. The molecule has 0 bridgehead atoms. The number of hydrogen-bond acceptors (Lipinski definition) is 5. The predicted octanol–water partition coefficient (Wildman–Crippen LogP) is 4.91. The topological polar surface area (TPSA) is 33.7 Å². The first-order chi connectivity index (χ1) is 12.0. The molecule has 0 spiro atoms. The Bertz CT molecular complexity index is 785. The van der Waals surface area contributed by atoms with Gasteiger partial charge >= 0.3 is 6.36 Å². The molecule has 2 aliphatic heterocycles. The van der Waals surface area contributed by atoms with Gasteiger partial charge in [0.15, 0.2) is 0 Å². The molecule has 8 heteroatoms. The van der Waals surface area contributed by atoms with Crippen LogP contribution in [0.5, 0.6) is 17.2 Å². The van der Waals surface area contributed by atoms with Crippen LogP contribution in [0.4, 0.5) is 18.9 Å². The second-order valence-electron chi connectivity index (χ2n) is 5.83. The van der Waals surface area contributed by atoms with E-state index in [4.69, 9.17) is 4.74 Å². The van der Waals surface area contributed by atoms with Crippen LogP contribution in [0.2, 0.25) is 0 Å². The quantitative estimate of drug-likeness (QED) is 0.778. The average Bonchev–Trinajstić information content (AvgIpc) is 3.02. The van der Waals surface area contributed by atoms with Crippen molar-refractivity contribution in [2.45, 2.75) is 30.3 Å². The maximum atomic E-state index is 12.3. The molecule has 4 nitrogen and oxygen atoms in total. The Morgan fingerprint density at radius 3 is 2.72 bits per heavy atom. The minimum Gasteiger partial charge on any atom is -0.457 e. The van der Waals surface area contributed by atoms with Gasteiger partial charge in [-0.2, -0.15) is 0 Å². The summed E-state index contributed by atoms with van der Waals surface area (Å²) < 4.78 is 50.0. The monoisotopic (exact) mass is 368 g/mol. The fourth-order valence-corrected chi connectivity index (χ4v) is 4.03. The van der Waals surface area contributed by atoms with Crippen LogP contribution in [-0.2, 0) is 0 Å². The number of halogens is 3. The van der Waals surface area contributed by atoms with Crippen LogP contribution in [0.15, 0.2) is 47.4 Å². The number of nitrogens with one attached hydrogen (secondary N) is 1. The summed E-state index contributed by atoms with van der Waals surface area (Å²) in [5.41, 5.74) is 1.16. The zero-order valence-electron chi connectivity index (χ0n) is 13.0. The number of benzene rings is 2.